The zero-order chi connectivity index (χ0) is 16.8. The second-order valence-electron chi connectivity index (χ2n) is 5.65. The number of benzene rings is 1. The van der Waals surface area contributed by atoms with Gasteiger partial charge in [-0.05, 0) is 30.5 Å². The average Bonchev–Trinajstić information content (AvgIpc) is 2.36. The van der Waals surface area contributed by atoms with E-state index >= 15 is 0 Å². The van der Waals surface area contributed by atoms with Crippen molar-refractivity contribution in [3.05, 3.63) is 29.3 Å². The fourth-order valence-electron chi connectivity index (χ4n) is 1.86. The van der Waals surface area contributed by atoms with Gasteiger partial charge in [-0.1, -0.05) is 31.5 Å². The fraction of sp³-hybridized carbons (Fsp3) is 0.533. The van der Waals surface area contributed by atoms with Crippen LogP contribution in [0.3, 0.4) is 0 Å². The third kappa shape index (κ3) is 7.24. The first kappa shape index (κ1) is 18.9. The summed E-state index contributed by atoms with van der Waals surface area (Å²) in [5.41, 5.74) is 0.602. The third-order valence-corrected chi connectivity index (χ3v) is 4.66. The Morgan fingerprint density at radius 1 is 1.32 bits per heavy atom. The van der Waals surface area contributed by atoms with Crippen LogP contribution in [0.25, 0.3) is 0 Å². The van der Waals surface area contributed by atoms with E-state index in [1.165, 1.54) is 10.6 Å². The summed E-state index contributed by atoms with van der Waals surface area (Å²) in [5.74, 6) is 0.171. The summed E-state index contributed by atoms with van der Waals surface area (Å²) >= 11 is 5.85. The molecule has 1 aromatic rings. The Bertz CT molecular complexity index is 603. The van der Waals surface area contributed by atoms with E-state index in [0.717, 1.165) is 6.42 Å². The van der Waals surface area contributed by atoms with Gasteiger partial charge >= 0.3 is 0 Å². The lowest BCUT2D eigenvalue weighted by molar-refractivity contribution is -0.116. The number of amides is 1. The predicted octanol–water partition coefficient (Wildman–Crippen LogP) is 2.98. The van der Waals surface area contributed by atoms with Crippen LogP contribution in [-0.2, 0) is 14.8 Å². The van der Waals surface area contributed by atoms with Crippen molar-refractivity contribution < 1.29 is 13.2 Å². The number of nitrogens with zero attached hydrogens (tertiary/aromatic N) is 1. The van der Waals surface area contributed by atoms with Crippen LogP contribution in [0, 0.1) is 5.92 Å². The quantitative estimate of drug-likeness (QED) is 0.786. The summed E-state index contributed by atoms with van der Waals surface area (Å²) < 4.78 is 24.8. The van der Waals surface area contributed by atoms with Crippen molar-refractivity contribution in [1.82, 2.24) is 4.31 Å². The zero-order valence-electron chi connectivity index (χ0n) is 13.2. The van der Waals surface area contributed by atoms with E-state index in [0.29, 0.717) is 23.2 Å². The van der Waals surface area contributed by atoms with E-state index in [1.54, 1.807) is 24.3 Å². The summed E-state index contributed by atoms with van der Waals surface area (Å²) in [5, 5.41) is 3.24. The minimum atomic E-state index is -3.30. The van der Waals surface area contributed by atoms with E-state index in [1.807, 2.05) is 13.8 Å². The van der Waals surface area contributed by atoms with Gasteiger partial charge in [0.25, 0.3) is 0 Å². The first-order valence-electron chi connectivity index (χ1n) is 7.19. The molecule has 0 atom stereocenters. The van der Waals surface area contributed by atoms with E-state index in [2.05, 4.69) is 5.32 Å². The number of carbonyl (C=O) groups is 1. The molecule has 0 aliphatic rings. The molecule has 0 bridgehead atoms. The molecule has 1 N–H and O–H groups in total. The van der Waals surface area contributed by atoms with Crippen LogP contribution in [0.5, 0.6) is 0 Å². The lowest BCUT2D eigenvalue weighted by Crippen LogP contribution is -2.34. The van der Waals surface area contributed by atoms with Gasteiger partial charge in [0.1, 0.15) is 0 Å². The lowest BCUT2D eigenvalue weighted by Gasteiger charge is -2.20. The van der Waals surface area contributed by atoms with Crippen molar-refractivity contribution in [2.45, 2.75) is 26.7 Å². The van der Waals surface area contributed by atoms with Gasteiger partial charge in [0.15, 0.2) is 0 Å². The molecule has 7 heteroatoms. The van der Waals surface area contributed by atoms with Gasteiger partial charge in [-0.15, -0.1) is 0 Å². The summed E-state index contributed by atoms with van der Waals surface area (Å²) in [6, 6.07) is 6.83. The highest BCUT2D eigenvalue weighted by Crippen LogP contribution is 2.15. The number of sulfonamides is 1. The molecule has 124 valence electrons. The van der Waals surface area contributed by atoms with Gasteiger partial charge in [0, 0.05) is 30.2 Å². The molecule has 1 aromatic carbocycles. The Hall–Kier alpha value is -1.11. The minimum Gasteiger partial charge on any atom is -0.326 e. The summed E-state index contributed by atoms with van der Waals surface area (Å²) in [6.45, 7) is 4.68. The monoisotopic (exact) mass is 346 g/mol. The molecule has 0 fully saturated rings. The molecule has 0 saturated carbocycles. The van der Waals surface area contributed by atoms with Gasteiger partial charge in [-0.2, -0.15) is 0 Å². The van der Waals surface area contributed by atoms with Crippen molar-refractivity contribution in [2.75, 3.05) is 24.7 Å². The molecule has 0 unspecified atom stereocenters. The van der Waals surface area contributed by atoms with Crippen LogP contribution in [0.4, 0.5) is 5.69 Å². The van der Waals surface area contributed by atoms with Crippen LogP contribution in [0.15, 0.2) is 24.3 Å². The highest BCUT2D eigenvalue weighted by molar-refractivity contribution is 7.88. The Morgan fingerprint density at radius 3 is 2.55 bits per heavy atom. The van der Waals surface area contributed by atoms with Crippen molar-refractivity contribution in [2.24, 2.45) is 5.92 Å². The second kappa shape index (κ2) is 8.50. The van der Waals surface area contributed by atoms with Gasteiger partial charge in [-0.25, -0.2) is 12.7 Å². The average molecular weight is 347 g/mol. The maximum Gasteiger partial charge on any atom is 0.225 e. The van der Waals surface area contributed by atoms with E-state index < -0.39 is 10.0 Å². The number of hydrogen-bond acceptors (Lipinski definition) is 3. The molecule has 0 spiro atoms. The summed E-state index contributed by atoms with van der Waals surface area (Å²) in [4.78, 5) is 11.9. The fourth-order valence-corrected chi connectivity index (χ4v) is 2.91. The van der Waals surface area contributed by atoms with Gasteiger partial charge < -0.3 is 5.32 Å². The van der Waals surface area contributed by atoms with Crippen LogP contribution >= 0.6 is 11.6 Å². The van der Waals surface area contributed by atoms with Gasteiger partial charge in [0.2, 0.25) is 15.9 Å². The molecular weight excluding hydrogens is 324 g/mol. The molecule has 1 amide bonds. The Kier molecular flexibility index (Phi) is 7.32. The molecular formula is C15H23ClN2O3S. The first-order chi connectivity index (χ1) is 10.2. The Labute approximate surface area is 137 Å². The van der Waals surface area contributed by atoms with E-state index in [4.69, 9.17) is 11.6 Å². The number of hydrogen-bond donors (Lipinski definition) is 1. The maximum absolute atomic E-state index is 11.9. The molecule has 0 heterocycles. The Balaban J connectivity index is 2.55. The Morgan fingerprint density at radius 2 is 2.00 bits per heavy atom. The minimum absolute atomic E-state index is 0.109. The van der Waals surface area contributed by atoms with Crippen LogP contribution in [0.1, 0.15) is 26.7 Å². The second-order valence-corrected chi connectivity index (χ2v) is 8.07. The van der Waals surface area contributed by atoms with Crippen molar-refractivity contribution in [3.63, 3.8) is 0 Å². The molecule has 0 radical (unpaired) electrons. The number of carbonyl (C=O) groups excluding carboxylic acids is 1. The van der Waals surface area contributed by atoms with Crippen LogP contribution < -0.4 is 5.32 Å². The smallest absolute Gasteiger partial charge is 0.225 e. The van der Waals surface area contributed by atoms with Crippen molar-refractivity contribution >= 4 is 33.2 Å². The summed E-state index contributed by atoms with van der Waals surface area (Å²) in [6.07, 6.45) is 2.04. The molecule has 5 nitrogen and oxygen atoms in total. The number of halogens is 1. The molecule has 0 aliphatic heterocycles. The van der Waals surface area contributed by atoms with E-state index in [9.17, 15) is 13.2 Å². The summed E-state index contributed by atoms with van der Waals surface area (Å²) in [7, 11) is -3.30. The topological polar surface area (TPSA) is 66.5 Å². The molecule has 0 aromatic heterocycles. The van der Waals surface area contributed by atoms with Crippen molar-refractivity contribution in [1.29, 1.82) is 0 Å². The molecule has 1 rings (SSSR count). The first-order valence-corrected chi connectivity index (χ1v) is 9.41. The number of rotatable bonds is 8. The largest absolute Gasteiger partial charge is 0.326 e. The lowest BCUT2D eigenvalue weighted by atomic mass is 10.1. The van der Waals surface area contributed by atoms with Gasteiger partial charge in [-0.3, -0.25) is 4.79 Å². The molecule has 22 heavy (non-hydrogen) atoms. The third-order valence-electron chi connectivity index (χ3n) is 3.12. The van der Waals surface area contributed by atoms with E-state index in [-0.39, 0.29) is 18.9 Å². The number of nitrogens with one attached hydrogen (secondary N) is 1. The number of anilines is 1. The van der Waals surface area contributed by atoms with Gasteiger partial charge in [0.05, 0.1) is 6.26 Å². The SMILES string of the molecule is CC(C)CCN(CCC(=O)Nc1cccc(Cl)c1)S(C)(=O)=O. The van der Waals surface area contributed by atoms with Crippen molar-refractivity contribution in [3.8, 4) is 0 Å². The highest BCUT2D eigenvalue weighted by atomic mass is 35.5. The molecule has 0 saturated heterocycles. The predicted molar refractivity (Wildman–Crippen MR) is 90.6 cm³/mol. The van der Waals surface area contributed by atoms with Crippen LogP contribution in [0.2, 0.25) is 5.02 Å². The van der Waals surface area contributed by atoms with Crippen LogP contribution in [-0.4, -0.2) is 38.0 Å². The standard InChI is InChI=1S/C15H23ClN2O3S/c1-12(2)7-9-18(22(3,20)21)10-8-15(19)17-14-6-4-5-13(16)11-14/h4-6,11-12H,7-10H2,1-3H3,(H,17,19). The zero-order valence-corrected chi connectivity index (χ0v) is 14.7. The highest BCUT2D eigenvalue weighted by Gasteiger charge is 2.18. The maximum atomic E-state index is 11.9. The molecule has 0 aliphatic carbocycles. The normalized spacial score (nSPS) is 11.9.